The van der Waals surface area contributed by atoms with Gasteiger partial charge in [0.2, 0.25) is 0 Å². The van der Waals surface area contributed by atoms with E-state index in [9.17, 15) is 0 Å². The lowest BCUT2D eigenvalue weighted by Gasteiger charge is -2.29. The second-order valence-corrected chi connectivity index (χ2v) is 9.82. The van der Waals surface area contributed by atoms with Gasteiger partial charge in [-0.3, -0.25) is 0 Å². The lowest BCUT2D eigenvalue weighted by molar-refractivity contribution is 0.301. The average molecular weight is 453 g/mol. The zero-order valence-corrected chi connectivity index (χ0v) is 20.7. The van der Waals surface area contributed by atoms with E-state index in [2.05, 4.69) is 68.2 Å². The minimum absolute atomic E-state index is 0.0254. The van der Waals surface area contributed by atoms with Crippen molar-refractivity contribution in [2.24, 2.45) is 5.92 Å². The van der Waals surface area contributed by atoms with E-state index in [1.807, 2.05) is 24.3 Å². The standard InChI is InChI=1S/C33H37F/c1-3-5-7-9-26-10-12-27(13-11-26)14-15-28-18-22-32-30(24-28)21-23-31(33(32)34)29-19-16-25(17-20-29)8-6-4-2/h3,5,10-13,18,21-25,29H,4,6-9,16-17,19-20H2,1-2H3/b5-3+. The van der Waals surface area contributed by atoms with E-state index in [1.54, 1.807) is 0 Å². The SMILES string of the molecule is C/C=C/CCc1ccc(C#Cc2ccc3c(F)c(C4CCC(CCCC)CC4)ccc3c2)cc1. The maximum absolute atomic E-state index is 15.4. The van der Waals surface area contributed by atoms with E-state index in [0.29, 0.717) is 5.92 Å². The number of halogens is 1. The molecule has 1 heteroatoms. The summed E-state index contributed by atoms with van der Waals surface area (Å²) in [6, 6.07) is 18.5. The summed E-state index contributed by atoms with van der Waals surface area (Å²) in [5.74, 6) is 7.70. The second kappa shape index (κ2) is 12.0. The van der Waals surface area contributed by atoms with Crippen molar-refractivity contribution in [2.45, 2.75) is 77.6 Å². The minimum atomic E-state index is -0.0254. The Hall–Kier alpha value is -2.85. The Morgan fingerprint density at radius 1 is 0.912 bits per heavy atom. The van der Waals surface area contributed by atoms with Crippen LogP contribution in [0.5, 0.6) is 0 Å². The van der Waals surface area contributed by atoms with Crippen molar-refractivity contribution in [2.75, 3.05) is 0 Å². The molecule has 176 valence electrons. The van der Waals surface area contributed by atoms with Gasteiger partial charge in [-0.05, 0) is 98.1 Å². The highest BCUT2D eigenvalue weighted by atomic mass is 19.1. The van der Waals surface area contributed by atoms with Crippen LogP contribution >= 0.6 is 0 Å². The Morgan fingerprint density at radius 2 is 1.65 bits per heavy atom. The van der Waals surface area contributed by atoms with Crippen molar-refractivity contribution >= 4 is 10.8 Å². The molecule has 0 N–H and O–H groups in total. The molecule has 0 bridgehead atoms. The van der Waals surface area contributed by atoms with Crippen LogP contribution in [-0.2, 0) is 6.42 Å². The Bertz CT molecular complexity index is 1160. The van der Waals surface area contributed by atoms with E-state index in [4.69, 9.17) is 0 Å². The highest BCUT2D eigenvalue weighted by molar-refractivity contribution is 5.85. The predicted molar refractivity (Wildman–Crippen MR) is 144 cm³/mol. The molecule has 1 aliphatic carbocycles. The third-order valence-corrected chi connectivity index (χ3v) is 7.38. The number of hydrogen-bond donors (Lipinski definition) is 0. The Kier molecular flexibility index (Phi) is 8.59. The summed E-state index contributed by atoms with van der Waals surface area (Å²) >= 11 is 0. The topological polar surface area (TPSA) is 0 Å². The van der Waals surface area contributed by atoms with E-state index in [1.165, 1.54) is 37.7 Å². The molecule has 1 aliphatic rings. The van der Waals surface area contributed by atoms with Crippen LogP contribution in [0.15, 0.2) is 66.7 Å². The molecule has 0 spiro atoms. The van der Waals surface area contributed by atoms with Crippen molar-refractivity contribution in [1.82, 2.24) is 0 Å². The Labute approximate surface area is 205 Å². The van der Waals surface area contributed by atoms with Gasteiger partial charge in [-0.1, -0.05) is 80.5 Å². The molecule has 34 heavy (non-hydrogen) atoms. The minimum Gasteiger partial charge on any atom is -0.206 e. The van der Waals surface area contributed by atoms with E-state index < -0.39 is 0 Å². The van der Waals surface area contributed by atoms with Crippen LogP contribution in [0, 0.1) is 23.6 Å². The quantitative estimate of drug-likeness (QED) is 0.247. The zero-order valence-electron chi connectivity index (χ0n) is 20.7. The largest absolute Gasteiger partial charge is 0.206 e. The molecule has 0 unspecified atom stereocenters. The third kappa shape index (κ3) is 6.18. The van der Waals surface area contributed by atoms with E-state index in [0.717, 1.165) is 59.1 Å². The fourth-order valence-electron chi connectivity index (χ4n) is 5.27. The van der Waals surface area contributed by atoms with Gasteiger partial charge in [0.25, 0.3) is 0 Å². The lowest BCUT2D eigenvalue weighted by Crippen LogP contribution is -2.14. The molecule has 1 saturated carbocycles. The van der Waals surface area contributed by atoms with Gasteiger partial charge in [-0.2, -0.15) is 0 Å². The Balaban J connectivity index is 1.44. The number of fused-ring (bicyclic) bond motifs is 1. The smallest absolute Gasteiger partial charge is 0.134 e. The van der Waals surface area contributed by atoms with Gasteiger partial charge in [0.15, 0.2) is 0 Å². The normalized spacial score (nSPS) is 18.2. The second-order valence-electron chi connectivity index (χ2n) is 9.82. The number of benzene rings is 3. The van der Waals surface area contributed by atoms with Crippen molar-refractivity contribution in [3.8, 4) is 11.8 Å². The zero-order chi connectivity index (χ0) is 23.8. The molecule has 0 amide bonds. The first-order valence-electron chi connectivity index (χ1n) is 13.1. The fourth-order valence-corrected chi connectivity index (χ4v) is 5.27. The number of rotatable bonds is 7. The van der Waals surface area contributed by atoms with E-state index >= 15 is 4.39 Å². The molecule has 0 heterocycles. The molecule has 0 nitrogen and oxygen atoms in total. The van der Waals surface area contributed by atoms with Crippen LogP contribution in [0.2, 0.25) is 0 Å². The van der Waals surface area contributed by atoms with Crippen LogP contribution in [-0.4, -0.2) is 0 Å². The monoisotopic (exact) mass is 452 g/mol. The number of unbranched alkanes of at least 4 members (excludes halogenated alkanes) is 1. The molecule has 0 aromatic heterocycles. The summed E-state index contributed by atoms with van der Waals surface area (Å²) in [4.78, 5) is 0. The Morgan fingerprint density at radius 3 is 2.38 bits per heavy atom. The number of aryl methyl sites for hydroxylation is 1. The van der Waals surface area contributed by atoms with Crippen molar-refractivity contribution in [3.63, 3.8) is 0 Å². The predicted octanol–water partition coefficient (Wildman–Crippen LogP) is 9.35. The maximum atomic E-state index is 15.4. The summed E-state index contributed by atoms with van der Waals surface area (Å²) in [7, 11) is 0. The molecule has 3 aromatic carbocycles. The van der Waals surface area contributed by atoms with Crippen LogP contribution in [0.3, 0.4) is 0 Å². The van der Waals surface area contributed by atoms with Crippen molar-refractivity contribution < 1.29 is 4.39 Å². The maximum Gasteiger partial charge on any atom is 0.134 e. The molecule has 4 rings (SSSR count). The molecular formula is C33H37F. The van der Waals surface area contributed by atoms with Crippen LogP contribution < -0.4 is 0 Å². The average Bonchev–Trinajstić information content (AvgIpc) is 2.88. The van der Waals surface area contributed by atoms with Gasteiger partial charge in [0.05, 0.1) is 0 Å². The molecule has 0 aliphatic heterocycles. The number of allylic oxidation sites excluding steroid dienone is 2. The van der Waals surface area contributed by atoms with Crippen molar-refractivity contribution in [1.29, 1.82) is 0 Å². The van der Waals surface area contributed by atoms with Gasteiger partial charge >= 0.3 is 0 Å². The highest BCUT2D eigenvalue weighted by Crippen LogP contribution is 2.39. The molecule has 0 radical (unpaired) electrons. The first-order valence-corrected chi connectivity index (χ1v) is 13.1. The lowest BCUT2D eigenvalue weighted by atomic mass is 9.76. The summed E-state index contributed by atoms with van der Waals surface area (Å²) < 4.78 is 15.4. The number of hydrogen-bond acceptors (Lipinski definition) is 0. The first-order chi connectivity index (χ1) is 16.7. The van der Waals surface area contributed by atoms with Crippen LogP contribution in [0.25, 0.3) is 10.8 Å². The summed E-state index contributed by atoms with van der Waals surface area (Å²) in [6.45, 7) is 4.32. The third-order valence-electron chi connectivity index (χ3n) is 7.38. The fraction of sp³-hybridized carbons (Fsp3) is 0.394. The van der Waals surface area contributed by atoms with Crippen LogP contribution in [0.4, 0.5) is 4.39 Å². The van der Waals surface area contributed by atoms with Gasteiger partial charge in [-0.25, -0.2) is 4.39 Å². The van der Waals surface area contributed by atoms with Crippen molar-refractivity contribution in [3.05, 3.63) is 94.8 Å². The molecule has 1 fully saturated rings. The van der Waals surface area contributed by atoms with Gasteiger partial charge in [0, 0.05) is 16.5 Å². The summed E-state index contributed by atoms with van der Waals surface area (Å²) in [5, 5.41) is 1.66. The summed E-state index contributed by atoms with van der Waals surface area (Å²) in [6.07, 6.45) is 15.1. The molecule has 0 atom stereocenters. The molecule has 3 aromatic rings. The van der Waals surface area contributed by atoms with Gasteiger partial charge in [0.1, 0.15) is 5.82 Å². The van der Waals surface area contributed by atoms with Crippen LogP contribution in [0.1, 0.15) is 93.4 Å². The molecular weight excluding hydrogens is 415 g/mol. The van der Waals surface area contributed by atoms with E-state index in [-0.39, 0.29) is 5.82 Å². The van der Waals surface area contributed by atoms with Gasteiger partial charge < -0.3 is 0 Å². The first kappa shape index (κ1) is 24.3. The highest BCUT2D eigenvalue weighted by Gasteiger charge is 2.24. The summed E-state index contributed by atoms with van der Waals surface area (Å²) in [5.41, 5.74) is 4.17. The van der Waals surface area contributed by atoms with Gasteiger partial charge in [-0.15, -0.1) is 0 Å². The molecule has 0 saturated heterocycles.